The minimum absolute atomic E-state index is 0.245. The first-order chi connectivity index (χ1) is 33.7. The van der Waals surface area contributed by atoms with Crippen molar-refractivity contribution >= 4 is 5.91 Å². The molecule has 0 bridgehead atoms. The van der Waals surface area contributed by atoms with E-state index in [1.807, 2.05) is 0 Å². The van der Waals surface area contributed by atoms with Gasteiger partial charge in [-0.1, -0.05) is 224 Å². The van der Waals surface area contributed by atoms with E-state index in [9.17, 15) is 40.5 Å². The maximum absolute atomic E-state index is 13.1. The Balaban J connectivity index is 2.17. The summed E-state index contributed by atoms with van der Waals surface area (Å²) in [6.07, 6.45) is 46.8. The number of rotatable bonds is 49. The SMILES string of the molecule is CCC/C=C/CC/C=C/CCCC(O)C(O)C(COC1OC(CO)C(O)C(O)C1O)NC(=O)C(O)CCCCCCCCCCCCCCCCCC/C=C\CCCCCCCCCCCCCC. The molecule has 0 aromatic heterocycles. The Morgan fingerprint density at radius 2 is 0.899 bits per heavy atom. The topological polar surface area (TPSA) is 189 Å². The second-order valence-electron chi connectivity index (χ2n) is 20.3. The van der Waals surface area contributed by atoms with Gasteiger partial charge in [0.05, 0.1) is 25.4 Å². The summed E-state index contributed by atoms with van der Waals surface area (Å²) < 4.78 is 11.1. The van der Waals surface area contributed by atoms with Gasteiger partial charge in [-0.25, -0.2) is 0 Å². The maximum Gasteiger partial charge on any atom is 0.249 e. The minimum atomic E-state index is -1.67. The molecule has 1 aliphatic rings. The number of carbonyl (C=O) groups excluding carboxylic acids is 1. The largest absolute Gasteiger partial charge is 0.394 e. The second kappa shape index (κ2) is 47.3. The summed E-state index contributed by atoms with van der Waals surface area (Å²) in [5, 5.41) is 75.7. The van der Waals surface area contributed by atoms with E-state index < -0.39 is 74.2 Å². The molecule has 1 saturated heterocycles. The van der Waals surface area contributed by atoms with Crippen LogP contribution in [0.3, 0.4) is 0 Å². The van der Waals surface area contributed by atoms with Gasteiger partial charge in [-0.05, 0) is 70.6 Å². The summed E-state index contributed by atoms with van der Waals surface area (Å²) in [6.45, 7) is 3.36. The molecule has 69 heavy (non-hydrogen) atoms. The Morgan fingerprint density at radius 1 is 0.493 bits per heavy atom. The van der Waals surface area contributed by atoms with Crippen molar-refractivity contribution < 1.29 is 50.0 Å². The molecule has 0 radical (unpaired) electrons. The highest BCUT2D eigenvalue weighted by Crippen LogP contribution is 2.23. The molecule has 0 aliphatic carbocycles. The molecule has 1 amide bonds. The predicted molar refractivity (Wildman–Crippen MR) is 284 cm³/mol. The summed E-state index contributed by atoms with van der Waals surface area (Å²) in [7, 11) is 0. The van der Waals surface area contributed by atoms with Crippen LogP contribution in [0.1, 0.15) is 258 Å². The second-order valence-corrected chi connectivity index (χ2v) is 20.3. The van der Waals surface area contributed by atoms with Gasteiger partial charge in [-0.3, -0.25) is 4.79 Å². The van der Waals surface area contributed by atoms with Crippen molar-refractivity contribution in [2.24, 2.45) is 0 Å². The number of aliphatic hydroxyl groups is 7. The molecule has 11 nitrogen and oxygen atoms in total. The third-order valence-electron chi connectivity index (χ3n) is 13.9. The standard InChI is InChI=1S/C58H109NO10/c1-3-5-7-9-11-13-15-16-17-18-19-20-21-22-23-24-25-26-27-28-29-30-31-32-33-34-35-36-38-40-42-44-46-51(62)57(67)59-49(48-68-58-56(66)55(65)54(64)52(47-60)69-58)53(63)50(61)45-43-41-39-37-14-12-10-8-6-4-2/h8,10,22-23,37,39,49-56,58,60-66H,3-7,9,11-21,24-36,38,40-48H2,1-2H3,(H,59,67)/b10-8+,23-22-,39-37+. The predicted octanol–water partition coefficient (Wildman–Crippen LogP) is 11.9. The van der Waals surface area contributed by atoms with Gasteiger partial charge in [-0.15, -0.1) is 0 Å². The molecule has 8 N–H and O–H groups in total. The molecule has 406 valence electrons. The number of carbonyl (C=O) groups is 1. The lowest BCUT2D eigenvalue weighted by Gasteiger charge is -2.40. The third kappa shape index (κ3) is 36.0. The number of hydrogen-bond acceptors (Lipinski definition) is 10. The third-order valence-corrected chi connectivity index (χ3v) is 13.9. The Hall–Kier alpha value is -1.67. The van der Waals surface area contributed by atoms with Crippen molar-refractivity contribution in [2.75, 3.05) is 13.2 Å². The van der Waals surface area contributed by atoms with Crippen LogP contribution >= 0.6 is 0 Å². The van der Waals surface area contributed by atoms with Crippen molar-refractivity contribution in [3.05, 3.63) is 36.5 Å². The molecular weight excluding hydrogens is 871 g/mol. The van der Waals surface area contributed by atoms with Crippen LogP contribution in [0, 0.1) is 0 Å². The van der Waals surface area contributed by atoms with Gasteiger partial charge in [0.15, 0.2) is 6.29 Å². The normalized spacial score (nSPS) is 20.6. The lowest BCUT2D eigenvalue weighted by molar-refractivity contribution is -0.303. The Kier molecular flexibility index (Phi) is 44.8. The van der Waals surface area contributed by atoms with E-state index in [4.69, 9.17) is 9.47 Å². The van der Waals surface area contributed by atoms with Crippen LogP contribution in [0.2, 0.25) is 0 Å². The summed E-state index contributed by atoms with van der Waals surface area (Å²) in [5.41, 5.74) is 0. The van der Waals surface area contributed by atoms with Gasteiger partial charge < -0.3 is 50.5 Å². The fourth-order valence-corrected chi connectivity index (χ4v) is 9.17. The Bertz CT molecular complexity index is 1210. The first kappa shape index (κ1) is 65.3. The molecule has 0 spiro atoms. The lowest BCUT2D eigenvalue weighted by Crippen LogP contribution is -2.60. The van der Waals surface area contributed by atoms with Crippen molar-refractivity contribution in [1.82, 2.24) is 5.32 Å². The molecule has 0 aromatic rings. The van der Waals surface area contributed by atoms with Crippen LogP contribution in [0.15, 0.2) is 36.5 Å². The van der Waals surface area contributed by atoms with E-state index in [2.05, 4.69) is 55.6 Å². The quantitative estimate of drug-likeness (QED) is 0.0215. The molecule has 9 atom stereocenters. The number of aliphatic hydroxyl groups excluding tert-OH is 7. The molecule has 9 unspecified atom stereocenters. The summed E-state index contributed by atoms with van der Waals surface area (Å²) >= 11 is 0. The Labute approximate surface area is 422 Å². The fraction of sp³-hybridized carbons (Fsp3) is 0.879. The molecule has 1 aliphatic heterocycles. The van der Waals surface area contributed by atoms with Crippen LogP contribution < -0.4 is 5.32 Å². The van der Waals surface area contributed by atoms with E-state index in [1.54, 1.807) is 0 Å². The van der Waals surface area contributed by atoms with Crippen LogP contribution in [0.5, 0.6) is 0 Å². The first-order valence-corrected chi connectivity index (χ1v) is 28.9. The lowest BCUT2D eigenvalue weighted by atomic mass is 9.98. The zero-order chi connectivity index (χ0) is 50.4. The molecule has 1 fully saturated rings. The van der Waals surface area contributed by atoms with Gasteiger partial charge in [0.2, 0.25) is 5.91 Å². The smallest absolute Gasteiger partial charge is 0.249 e. The number of ether oxygens (including phenoxy) is 2. The van der Waals surface area contributed by atoms with Crippen molar-refractivity contribution in [2.45, 2.75) is 313 Å². The number of nitrogens with one attached hydrogen (secondary N) is 1. The molecular formula is C58H109NO10. The zero-order valence-corrected chi connectivity index (χ0v) is 44.3. The summed E-state index contributed by atoms with van der Waals surface area (Å²) in [4.78, 5) is 13.1. The van der Waals surface area contributed by atoms with E-state index in [-0.39, 0.29) is 12.8 Å². The van der Waals surface area contributed by atoms with Gasteiger partial charge in [0, 0.05) is 0 Å². The number of allylic oxidation sites excluding steroid dienone is 6. The van der Waals surface area contributed by atoms with E-state index in [0.29, 0.717) is 19.3 Å². The summed E-state index contributed by atoms with van der Waals surface area (Å²) in [6, 6.07) is -1.19. The Morgan fingerprint density at radius 3 is 1.35 bits per heavy atom. The molecule has 11 heteroatoms. The number of hydrogen-bond donors (Lipinski definition) is 8. The molecule has 0 aromatic carbocycles. The maximum atomic E-state index is 13.1. The monoisotopic (exact) mass is 980 g/mol. The highest BCUT2D eigenvalue weighted by atomic mass is 16.7. The van der Waals surface area contributed by atoms with E-state index in [1.165, 1.54) is 167 Å². The molecule has 0 saturated carbocycles. The van der Waals surface area contributed by atoms with Crippen molar-refractivity contribution in [3.8, 4) is 0 Å². The van der Waals surface area contributed by atoms with Crippen LogP contribution in [-0.2, 0) is 14.3 Å². The van der Waals surface area contributed by atoms with Gasteiger partial charge in [0.1, 0.15) is 36.6 Å². The molecule has 1 heterocycles. The average Bonchev–Trinajstić information content (AvgIpc) is 3.35. The van der Waals surface area contributed by atoms with Gasteiger partial charge in [0.25, 0.3) is 0 Å². The van der Waals surface area contributed by atoms with E-state index in [0.717, 1.165) is 44.9 Å². The first-order valence-electron chi connectivity index (χ1n) is 28.9. The van der Waals surface area contributed by atoms with Crippen molar-refractivity contribution in [1.29, 1.82) is 0 Å². The van der Waals surface area contributed by atoms with Crippen LogP contribution in [0.4, 0.5) is 0 Å². The zero-order valence-electron chi connectivity index (χ0n) is 44.3. The number of unbranched alkanes of at least 4 members (excludes halogenated alkanes) is 31. The highest BCUT2D eigenvalue weighted by Gasteiger charge is 2.44. The van der Waals surface area contributed by atoms with Crippen molar-refractivity contribution in [3.63, 3.8) is 0 Å². The van der Waals surface area contributed by atoms with Crippen LogP contribution in [-0.4, -0.2) is 110 Å². The fourth-order valence-electron chi connectivity index (χ4n) is 9.17. The average molecular weight is 981 g/mol. The van der Waals surface area contributed by atoms with Gasteiger partial charge >= 0.3 is 0 Å². The van der Waals surface area contributed by atoms with Crippen LogP contribution in [0.25, 0.3) is 0 Å². The van der Waals surface area contributed by atoms with Gasteiger partial charge in [-0.2, -0.15) is 0 Å². The summed E-state index contributed by atoms with van der Waals surface area (Å²) in [5.74, 6) is -0.710. The van der Waals surface area contributed by atoms with E-state index >= 15 is 0 Å². The highest BCUT2D eigenvalue weighted by molar-refractivity contribution is 5.80. The number of amides is 1. The molecule has 1 rings (SSSR count). The minimum Gasteiger partial charge on any atom is -0.394 e.